The number of carbonyl (C=O) groups is 1. The zero-order valence-electron chi connectivity index (χ0n) is 13.7. The van der Waals surface area contributed by atoms with Crippen LogP contribution in [0, 0.1) is 0 Å². The summed E-state index contributed by atoms with van der Waals surface area (Å²) in [6, 6.07) is 15.9. The minimum absolute atomic E-state index is 0.00175. The molecule has 7 heteroatoms. The molecule has 4 rings (SSSR count). The van der Waals surface area contributed by atoms with Gasteiger partial charge in [-0.25, -0.2) is 9.97 Å². The molecule has 4 aromatic rings. The van der Waals surface area contributed by atoms with Crippen LogP contribution in [-0.4, -0.2) is 21.6 Å². The number of hydrogen-bond acceptors (Lipinski definition) is 6. The molecule has 26 heavy (non-hydrogen) atoms. The van der Waals surface area contributed by atoms with Crippen LogP contribution < -0.4 is 5.32 Å². The summed E-state index contributed by atoms with van der Waals surface area (Å²) in [6.45, 7) is 0. The first-order chi connectivity index (χ1) is 12.8. The quantitative estimate of drug-likeness (QED) is 0.480. The van der Waals surface area contributed by atoms with E-state index in [4.69, 9.17) is 0 Å². The van der Waals surface area contributed by atoms with Gasteiger partial charge in [-0.2, -0.15) is 0 Å². The molecule has 4 nitrogen and oxygen atoms in total. The number of rotatable bonds is 6. The predicted octanol–water partition coefficient (Wildman–Crippen LogP) is 5.29. The number of thioether (sulfide) groups is 1. The minimum Gasteiger partial charge on any atom is -0.325 e. The normalized spacial score (nSPS) is 10.9. The molecule has 0 aliphatic carbocycles. The Labute approximate surface area is 163 Å². The van der Waals surface area contributed by atoms with Crippen LogP contribution in [0.2, 0.25) is 0 Å². The molecule has 0 saturated heterocycles. The SMILES string of the molecule is O=C(CSCc1nc2ccccc2s1)Nc1ccc(-c2nccs2)cc1. The van der Waals surface area contributed by atoms with Crippen LogP contribution in [-0.2, 0) is 10.5 Å². The lowest BCUT2D eigenvalue weighted by Crippen LogP contribution is -2.14. The fourth-order valence-corrected chi connectivity index (χ4v) is 4.96. The number of thiazole rings is 2. The molecule has 2 heterocycles. The Hall–Kier alpha value is -2.22. The largest absolute Gasteiger partial charge is 0.325 e. The Morgan fingerprint density at radius 3 is 2.73 bits per heavy atom. The summed E-state index contributed by atoms with van der Waals surface area (Å²) in [5.41, 5.74) is 2.89. The third-order valence-electron chi connectivity index (χ3n) is 3.64. The Morgan fingerprint density at radius 2 is 1.96 bits per heavy atom. The van der Waals surface area contributed by atoms with Gasteiger partial charge in [0.2, 0.25) is 5.91 Å². The second kappa shape index (κ2) is 7.99. The van der Waals surface area contributed by atoms with E-state index in [0.717, 1.165) is 32.5 Å². The van der Waals surface area contributed by atoms with Gasteiger partial charge >= 0.3 is 0 Å². The summed E-state index contributed by atoms with van der Waals surface area (Å²) in [7, 11) is 0. The number of para-hydroxylation sites is 1. The van der Waals surface area contributed by atoms with Gasteiger partial charge in [0.1, 0.15) is 10.0 Å². The molecule has 0 spiro atoms. The standard InChI is InChI=1S/C19H15N3OS3/c23-17(11-24-12-18-22-15-3-1-2-4-16(15)26-18)21-14-7-5-13(6-8-14)19-20-9-10-25-19/h1-10H,11-12H2,(H,21,23). The van der Waals surface area contributed by atoms with Crippen molar-refractivity contribution in [2.45, 2.75) is 5.75 Å². The highest BCUT2D eigenvalue weighted by Crippen LogP contribution is 2.25. The van der Waals surface area contributed by atoms with Crippen molar-refractivity contribution < 1.29 is 4.79 Å². The molecule has 0 saturated carbocycles. The summed E-state index contributed by atoms with van der Waals surface area (Å²) < 4.78 is 1.19. The maximum Gasteiger partial charge on any atom is 0.234 e. The van der Waals surface area contributed by atoms with Gasteiger partial charge in [-0.1, -0.05) is 12.1 Å². The summed E-state index contributed by atoms with van der Waals surface area (Å²) in [4.78, 5) is 21.0. The molecule has 0 radical (unpaired) electrons. The molecule has 0 fully saturated rings. The van der Waals surface area contributed by atoms with E-state index in [2.05, 4.69) is 21.4 Å². The second-order valence-corrected chi connectivity index (χ2v) is 8.53. The zero-order valence-corrected chi connectivity index (χ0v) is 16.2. The highest BCUT2D eigenvalue weighted by Gasteiger charge is 2.07. The van der Waals surface area contributed by atoms with Gasteiger partial charge < -0.3 is 5.32 Å². The van der Waals surface area contributed by atoms with E-state index in [0.29, 0.717) is 5.75 Å². The van der Waals surface area contributed by atoms with Crippen molar-refractivity contribution in [1.29, 1.82) is 0 Å². The number of nitrogens with zero attached hydrogens (tertiary/aromatic N) is 2. The van der Waals surface area contributed by atoms with Crippen LogP contribution in [0.5, 0.6) is 0 Å². The van der Waals surface area contributed by atoms with Crippen LogP contribution in [0.15, 0.2) is 60.1 Å². The number of aromatic nitrogens is 2. The van der Waals surface area contributed by atoms with Crippen molar-refractivity contribution in [3.63, 3.8) is 0 Å². The van der Waals surface area contributed by atoms with Crippen molar-refractivity contribution in [1.82, 2.24) is 9.97 Å². The molecule has 0 unspecified atom stereocenters. The predicted molar refractivity (Wildman–Crippen MR) is 112 cm³/mol. The number of fused-ring (bicyclic) bond motifs is 1. The molecular formula is C19H15N3OS3. The Bertz CT molecular complexity index is 977. The first kappa shape index (κ1) is 17.2. The molecule has 2 aromatic carbocycles. The molecule has 1 N–H and O–H groups in total. The molecule has 130 valence electrons. The van der Waals surface area contributed by atoms with Crippen LogP contribution in [0.3, 0.4) is 0 Å². The maximum atomic E-state index is 12.1. The van der Waals surface area contributed by atoms with E-state index in [1.807, 2.05) is 47.8 Å². The molecular weight excluding hydrogens is 382 g/mol. The topological polar surface area (TPSA) is 54.9 Å². The molecule has 0 bridgehead atoms. The number of benzene rings is 2. The van der Waals surface area contributed by atoms with E-state index < -0.39 is 0 Å². The number of carbonyl (C=O) groups excluding carboxylic acids is 1. The van der Waals surface area contributed by atoms with Gasteiger partial charge in [-0.15, -0.1) is 34.4 Å². The number of hydrogen-bond donors (Lipinski definition) is 1. The summed E-state index contributed by atoms with van der Waals surface area (Å²) in [5, 5.41) is 6.92. The summed E-state index contributed by atoms with van der Waals surface area (Å²) in [6.07, 6.45) is 1.79. The number of amides is 1. The lowest BCUT2D eigenvalue weighted by Gasteiger charge is -2.05. The van der Waals surface area contributed by atoms with Crippen molar-refractivity contribution in [2.24, 2.45) is 0 Å². The average Bonchev–Trinajstić information content (AvgIpc) is 3.32. The van der Waals surface area contributed by atoms with Crippen molar-refractivity contribution in [3.05, 3.63) is 65.1 Å². The molecule has 0 aliphatic heterocycles. The van der Waals surface area contributed by atoms with E-state index in [1.54, 1.807) is 40.6 Å². The smallest absolute Gasteiger partial charge is 0.234 e. The third-order valence-corrected chi connectivity index (χ3v) is 6.63. The first-order valence-corrected chi connectivity index (χ1v) is 10.8. The molecule has 1 amide bonds. The van der Waals surface area contributed by atoms with Crippen molar-refractivity contribution >= 4 is 56.2 Å². The van der Waals surface area contributed by atoms with Gasteiger partial charge in [0.25, 0.3) is 0 Å². The average molecular weight is 398 g/mol. The second-order valence-electron chi connectivity index (χ2n) is 5.53. The van der Waals surface area contributed by atoms with Crippen LogP contribution >= 0.6 is 34.4 Å². The van der Waals surface area contributed by atoms with Gasteiger partial charge in [0.15, 0.2) is 0 Å². The van der Waals surface area contributed by atoms with E-state index >= 15 is 0 Å². The van der Waals surface area contributed by atoms with E-state index in [9.17, 15) is 4.79 Å². The fourth-order valence-electron chi connectivity index (χ4n) is 2.47. The van der Waals surface area contributed by atoms with Crippen molar-refractivity contribution in [2.75, 3.05) is 11.1 Å². The Morgan fingerprint density at radius 1 is 1.12 bits per heavy atom. The summed E-state index contributed by atoms with van der Waals surface area (Å²) in [5.74, 6) is 1.15. The highest BCUT2D eigenvalue weighted by atomic mass is 32.2. The Balaban J connectivity index is 1.28. The van der Waals surface area contributed by atoms with Crippen LogP contribution in [0.25, 0.3) is 20.8 Å². The first-order valence-electron chi connectivity index (χ1n) is 8.00. The molecule has 0 aliphatic rings. The lowest BCUT2D eigenvalue weighted by atomic mass is 10.2. The highest BCUT2D eigenvalue weighted by molar-refractivity contribution is 7.99. The zero-order chi connectivity index (χ0) is 17.8. The van der Waals surface area contributed by atoms with Gasteiger partial charge in [-0.3, -0.25) is 4.79 Å². The third kappa shape index (κ3) is 4.12. The Kier molecular flexibility index (Phi) is 5.29. The monoisotopic (exact) mass is 397 g/mol. The number of nitrogens with one attached hydrogen (secondary N) is 1. The van der Waals surface area contributed by atoms with Gasteiger partial charge in [0.05, 0.1) is 16.0 Å². The van der Waals surface area contributed by atoms with Crippen LogP contribution in [0.4, 0.5) is 5.69 Å². The molecule has 0 atom stereocenters. The lowest BCUT2D eigenvalue weighted by molar-refractivity contribution is -0.113. The van der Waals surface area contributed by atoms with E-state index in [1.165, 1.54) is 4.70 Å². The maximum absolute atomic E-state index is 12.1. The number of anilines is 1. The minimum atomic E-state index is -0.00175. The van der Waals surface area contributed by atoms with Crippen LogP contribution in [0.1, 0.15) is 5.01 Å². The fraction of sp³-hybridized carbons (Fsp3) is 0.105. The van der Waals surface area contributed by atoms with Gasteiger partial charge in [0, 0.05) is 28.6 Å². The molecule has 2 aromatic heterocycles. The van der Waals surface area contributed by atoms with E-state index in [-0.39, 0.29) is 5.91 Å². The summed E-state index contributed by atoms with van der Waals surface area (Å²) >= 11 is 4.86. The van der Waals surface area contributed by atoms with Gasteiger partial charge in [-0.05, 0) is 36.4 Å². The van der Waals surface area contributed by atoms with Crippen molar-refractivity contribution in [3.8, 4) is 10.6 Å².